The van der Waals surface area contributed by atoms with Crippen LogP contribution in [0.5, 0.6) is 5.75 Å². The Morgan fingerprint density at radius 2 is 1.89 bits per heavy atom. The minimum Gasteiger partial charge on any atom is -0.488 e. The Morgan fingerprint density at radius 1 is 1.28 bits per heavy atom. The van der Waals surface area contributed by atoms with Gasteiger partial charge < -0.3 is 4.74 Å². The normalized spacial score (nSPS) is 12.1. The first-order valence-corrected chi connectivity index (χ1v) is 5.50. The number of halogens is 3. The van der Waals surface area contributed by atoms with Crippen molar-refractivity contribution in [1.29, 1.82) is 5.26 Å². The van der Waals surface area contributed by atoms with Crippen molar-refractivity contribution in [2.24, 2.45) is 0 Å². The molecule has 1 aromatic rings. The molecule has 98 valence electrons. The molecule has 0 atom stereocenters. The Bertz CT molecular complexity index is 472. The van der Waals surface area contributed by atoms with Gasteiger partial charge in [0.25, 0.3) is 0 Å². The molecule has 1 aromatic carbocycles. The van der Waals surface area contributed by atoms with Gasteiger partial charge in [0, 0.05) is 0 Å². The van der Waals surface area contributed by atoms with Crippen LogP contribution in [0.15, 0.2) is 18.2 Å². The molecule has 0 saturated heterocycles. The van der Waals surface area contributed by atoms with Crippen LogP contribution in [0.1, 0.15) is 38.3 Å². The standard InChI is InChI=1S/C13H14F3NO/c1-4-12(2,3)18-10-6-5-9(8-17)11(7-10)13(14,15)16/h5-7H,4H2,1-3H3. The van der Waals surface area contributed by atoms with Crippen molar-refractivity contribution in [3.8, 4) is 11.8 Å². The zero-order valence-electron chi connectivity index (χ0n) is 10.4. The van der Waals surface area contributed by atoms with E-state index in [1.54, 1.807) is 13.8 Å². The summed E-state index contributed by atoms with van der Waals surface area (Å²) in [5, 5.41) is 8.66. The van der Waals surface area contributed by atoms with Crippen LogP contribution in [0, 0.1) is 11.3 Å². The molecule has 0 amide bonds. The van der Waals surface area contributed by atoms with Crippen molar-refractivity contribution in [3.05, 3.63) is 29.3 Å². The number of alkyl halides is 3. The number of nitriles is 1. The number of nitrogens with zero attached hydrogens (tertiary/aromatic N) is 1. The van der Waals surface area contributed by atoms with Gasteiger partial charge in [0.1, 0.15) is 11.4 Å². The summed E-state index contributed by atoms with van der Waals surface area (Å²) in [5.41, 5.74) is -1.91. The molecular weight excluding hydrogens is 243 g/mol. The smallest absolute Gasteiger partial charge is 0.417 e. The molecule has 0 radical (unpaired) electrons. The zero-order valence-corrected chi connectivity index (χ0v) is 10.4. The lowest BCUT2D eigenvalue weighted by molar-refractivity contribution is -0.138. The number of hydrogen-bond donors (Lipinski definition) is 0. The summed E-state index contributed by atoms with van der Waals surface area (Å²) in [5.74, 6) is 0.119. The van der Waals surface area contributed by atoms with E-state index < -0.39 is 22.9 Å². The third kappa shape index (κ3) is 3.39. The molecule has 0 spiro atoms. The van der Waals surface area contributed by atoms with E-state index in [1.807, 2.05) is 6.92 Å². The van der Waals surface area contributed by atoms with Crippen LogP contribution < -0.4 is 4.74 Å². The van der Waals surface area contributed by atoms with Gasteiger partial charge in [-0.05, 0) is 38.5 Å². The summed E-state index contributed by atoms with van der Waals surface area (Å²) in [6, 6.07) is 4.91. The second-order valence-corrected chi connectivity index (χ2v) is 4.53. The third-order valence-corrected chi connectivity index (χ3v) is 2.66. The van der Waals surface area contributed by atoms with Crippen LogP contribution in [-0.2, 0) is 6.18 Å². The molecule has 0 bridgehead atoms. The van der Waals surface area contributed by atoms with Gasteiger partial charge >= 0.3 is 6.18 Å². The van der Waals surface area contributed by atoms with Crippen molar-refractivity contribution in [1.82, 2.24) is 0 Å². The molecule has 0 aliphatic heterocycles. The van der Waals surface area contributed by atoms with Gasteiger partial charge in [-0.1, -0.05) is 6.92 Å². The fourth-order valence-electron chi connectivity index (χ4n) is 1.31. The highest BCUT2D eigenvalue weighted by Crippen LogP contribution is 2.35. The number of hydrogen-bond acceptors (Lipinski definition) is 2. The fourth-order valence-corrected chi connectivity index (χ4v) is 1.31. The van der Waals surface area contributed by atoms with Gasteiger partial charge in [0.15, 0.2) is 0 Å². The number of rotatable bonds is 3. The van der Waals surface area contributed by atoms with Crippen molar-refractivity contribution >= 4 is 0 Å². The molecule has 5 heteroatoms. The summed E-state index contributed by atoms with van der Waals surface area (Å²) in [6.45, 7) is 5.46. The minimum absolute atomic E-state index is 0.119. The van der Waals surface area contributed by atoms with Crippen molar-refractivity contribution in [3.63, 3.8) is 0 Å². The van der Waals surface area contributed by atoms with Gasteiger partial charge in [-0.25, -0.2) is 0 Å². The van der Waals surface area contributed by atoms with Gasteiger partial charge in [-0.3, -0.25) is 0 Å². The SMILES string of the molecule is CCC(C)(C)Oc1ccc(C#N)c(C(F)(F)F)c1. The molecule has 0 unspecified atom stereocenters. The molecular formula is C13H14F3NO. The van der Waals surface area contributed by atoms with Crippen LogP contribution in [0.4, 0.5) is 13.2 Å². The Labute approximate surface area is 104 Å². The first-order chi connectivity index (χ1) is 8.19. The molecule has 0 saturated carbocycles. The molecule has 0 aromatic heterocycles. The van der Waals surface area contributed by atoms with Crippen LogP contribution >= 0.6 is 0 Å². The van der Waals surface area contributed by atoms with Crippen LogP contribution in [-0.4, -0.2) is 5.60 Å². The number of ether oxygens (including phenoxy) is 1. The topological polar surface area (TPSA) is 33.0 Å². The average molecular weight is 257 g/mol. The molecule has 0 N–H and O–H groups in total. The summed E-state index contributed by atoms with van der Waals surface area (Å²) < 4.78 is 43.6. The molecule has 2 nitrogen and oxygen atoms in total. The lowest BCUT2D eigenvalue weighted by atomic mass is 10.1. The minimum atomic E-state index is -4.55. The largest absolute Gasteiger partial charge is 0.488 e. The summed E-state index contributed by atoms with van der Waals surface area (Å²) in [6.07, 6.45) is -3.89. The van der Waals surface area contributed by atoms with E-state index in [1.165, 1.54) is 12.1 Å². The Morgan fingerprint density at radius 3 is 2.33 bits per heavy atom. The molecule has 0 aliphatic carbocycles. The van der Waals surface area contributed by atoms with Gasteiger partial charge in [-0.15, -0.1) is 0 Å². The fraction of sp³-hybridized carbons (Fsp3) is 0.462. The highest BCUT2D eigenvalue weighted by atomic mass is 19.4. The van der Waals surface area contributed by atoms with E-state index >= 15 is 0 Å². The predicted octanol–water partition coefficient (Wildman–Crippen LogP) is 4.14. The zero-order chi connectivity index (χ0) is 14.0. The second kappa shape index (κ2) is 4.89. The highest BCUT2D eigenvalue weighted by molar-refractivity contribution is 5.44. The maximum Gasteiger partial charge on any atom is 0.417 e. The van der Waals surface area contributed by atoms with Gasteiger partial charge in [0.2, 0.25) is 0 Å². The molecule has 0 fully saturated rings. The maximum atomic E-state index is 12.7. The summed E-state index contributed by atoms with van der Waals surface area (Å²) >= 11 is 0. The van der Waals surface area contributed by atoms with Gasteiger partial charge in [0.05, 0.1) is 17.2 Å². The van der Waals surface area contributed by atoms with E-state index in [2.05, 4.69) is 0 Å². The van der Waals surface area contributed by atoms with Crippen molar-refractivity contribution in [2.45, 2.75) is 39.0 Å². The Hall–Kier alpha value is -1.70. The quantitative estimate of drug-likeness (QED) is 0.815. The Kier molecular flexibility index (Phi) is 3.90. The van der Waals surface area contributed by atoms with Crippen molar-refractivity contribution < 1.29 is 17.9 Å². The van der Waals surface area contributed by atoms with E-state index in [9.17, 15) is 13.2 Å². The monoisotopic (exact) mass is 257 g/mol. The first-order valence-electron chi connectivity index (χ1n) is 5.50. The van der Waals surface area contributed by atoms with E-state index in [0.29, 0.717) is 6.42 Å². The molecule has 0 aliphatic rings. The maximum absolute atomic E-state index is 12.7. The van der Waals surface area contributed by atoms with Gasteiger partial charge in [-0.2, -0.15) is 18.4 Å². The number of benzene rings is 1. The highest BCUT2D eigenvalue weighted by Gasteiger charge is 2.34. The summed E-state index contributed by atoms with van der Waals surface area (Å²) in [4.78, 5) is 0. The van der Waals surface area contributed by atoms with Crippen LogP contribution in [0.3, 0.4) is 0 Å². The molecule has 0 heterocycles. The third-order valence-electron chi connectivity index (χ3n) is 2.66. The summed E-state index contributed by atoms with van der Waals surface area (Å²) in [7, 11) is 0. The van der Waals surface area contributed by atoms with E-state index in [4.69, 9.17) is 10.00 Å². The van der Waals surface area contributed by atoms with Crippen LogP contribution in [0.2, 0.25) is 0 Å². The predicted molar refractivity (Wildman–Crippen MR) is 61.2 cm³/mol. The first kappa shape index (κ1) is 14.4. The lowest BCUT2D eigenvalue weighted by Crippen LogP contribution is -2.27. The van der Waals surface area contributed by atoms with E-state index in [-0.39, 0.29) is 5.75 Å². The van der Waals surface area contributed by atoms with Crippen LogP contribution in [0.25, 0.3) is 0 Å². The lowest BCUT2D eigenvalue weighted by Gasteiger charge is -2.25. The van der Waals surface area contributed by atoms with Crippen molar-refractivity contribution in [2.75, 3.05) is 0 Å². The average Bonchev–Trinajstić information content (AvgIpc) is 2.27. The molecule has 1 rings (SSSR count). The second-order valence-electron chi connectivity index (χ2n) is 4.53. The van der Waals surface area contributed by atoms with E-state index in [0.717, 1.165) is 12.1 Å². The Balaban J connectivity index is 3.17. The molecule has 18 heavy (non-hydrogen) atoms.